The van der Waals surface area contributed by atoms with Gasteiger partial charge in [0, 0.05) is 22.8 Å². The van der Waals surface area contributed by atoms with Gasteiger partial charge in [-0.05, 0) is 30.5 Å². The first kappa shape index (κ1) is 11.0. The van der Waals surface area contributed by atoms with Crippen molar-refractivity contribution in [3.63, 3.8) is 0 Å². The number of rotatable bonds is 2. The number of nitrogens with zero attached hydrogens (tertiary/aromatic N) is 3. The summed E-state index contributed by atoms with van der Waals surface area (Å²) >= 11 is 1.67. The van der Waals surface area contributed by atoms with Gasteiger partial charge in [-0.25, -0.2) is 4.98 Å². The first-order valence-electron chi connectivity index (χ1n) is 5.66. The third kappa shape index (κ3) is 1.89. The van der Waals surface area contributed by atoms with Crippen molar-refractivity contribution in [2.24, 2.45) is 0 Å². The molecule has 0 saturated carbocycles. The lowest BCUT2D eigenvalue weighted by Gasteiger charge is -2.02. The van der Waals surface area contributed by atoms with Crippen LogP contribution in [-0.4, -0.2) is 9.55 Å². The van der Waals surface area contributed by atoms with Crippen LogP contribution < -0.4 is 0 Å². The maximum Gasteiger partial charge on any atom is 0.113 e. The Kier molecular flexibility index (Phi) is 2.62. The fourth-order valence-electron chi connectivity index (χ4n) is 2.01. The highest BCUT2D eigenvalue weighted by Gasteiger charge is 2.05. The Hall–Kier alpha value is -2.12. The number of hydrogen-bond donors (Lipinski definition) is 0. The van der Waals surface area contributed by atoms with Crippen LogP contribution in [0, 0.1) is 18.3 Å². The average Bonchev–Trinajstić information content (AvgIpc) is 2.96. The van der Waals surface area contributed by atoms with E-state index >= 15 is 0 Å². The van der Waals surface area contributed by atoms with E-state index in [1.54, 1.807) is 11.3 Å². The van der Waals surface area contributed by atoms with E-state index in [-0.39, 0.29) is 0 Å². The van der Waals surface area contributed by atoms with Gasteiger partial charge in [-0.15, -0.1) is 11.3 Å². The summed E-state index contributed by atoms with van der Waals surface area (Å²) in [6, 6.07) is 10.0. The van der Waals surface area contributed by atoms with E-state index in [1.165, 1.54) is 0 Å². The summed E-state index contributed by atoms with van der Waals surface area (Å²) < 4.78 is 2.13. The van der Waals surface area contributed by atoms with Crippen LogP contribution in [0.1, 0.15) is 16.3 Å². The molecule has 18 heavy (non-hydrogen) atoms. The fraction of sp³-hybridized carbons (Fsp3) is 0.143. The zero-order valence-electron chi connectivity index (χ0n) is 9.92. The highest BCUT2D eigenvalue weighted by Crippen LogP contribution is 2.20. The summed E-state index contributed by atoms with van der Waals surface area (Å²) in [4.78, 5) is 4.47. The summed E-state index contributed by atoms with van der Waals surface area (Å²) in [7, 11) is 0. The van der Waals surface area contributed by atoms with Crippen molar-refractivity contribution < 1.29 is 0 Å². The van der Waals surface area contributed by atoms with E-state index in [1.807, 2.05) is 31.3 Å². The highest BCUT2D eigenvalue weighted by atomic mass is 32.1. The molecule has 0 aliphatic carbocycles. The van der Waals surface area contributed by atoms with Gasteiger partial charge in [0.1, 0.15) is 5.01 Å². The standard InChI is InChI=1S/C14H11N3S/c1-10-9-18-14(16-10)8-17-5-4-12-3-2-11(7-15)6-13(12)17/h2-6,9H,8H2,1H3. The molecule has 2 heterocycles. The molecule has 0 atom stereocenters. The lowest BCUT2D eigenvalue weighted by Crippen LogP contribution is -1.97. The average molecular weight is 253 g/mol. The van der Waals surface area contributed by atoms with Gasteiger partial charge in [0.25, 0.3) is 0 Å². The van der Waals surface area contributed by atoms with Crippen LogP contribution in [0.3, 0.4) is 0 Å². The van der Waals surface area contributed by atoms with E-state index in [9.17, 15) is 0 Å². The molecule has 0 bridgehead atoms. The largest absolute Gasteiger partial charge is 0.341 e. The lowest BCUT2D eigenvalue weighted by atomic mass is 10.2. The summed E-state index contributed by atoms with van der Waals surface area (Å²) in [6.45, 7) is 2.76. The molecule has 0 saturated heterocycles. The van der Waals surface area contributed by atoms with Crippen molar-refractivity contribution in [3.05, 3.63) is 52.1 Å². The number of hydrogen-bond acceptors (Lipinski definition) is 3. The zero-order valence-corrected chi connectivity index (χ0v) is 10.7. The fourth-order valence-corrected chi connectivity index (χ4v) is 2.78. The molecule has 4 heteroatoms. The van der Waals surface area contributed by atoms with Crippen molar-refractivity contribution in [3.8, 4) is 6.07 Å². The minimum atomic E-state index is 0.692. The topological polar surface area (TPSA) is 41.6 Å². The third-order valence-electron chi connectivity index (χ3n) is 2.88. The van der Waals surface area contributed by atoms with E-state index < -0.39 is 0 Å². The Morgan fingerprint density at radius 2 is 2.28 bits per heavy atom. The molecule has 2 aromatic heterocycles. The Balaban J connectivity index is 2.04. The number of benzene rings is 1. The molecule has 0 aliphatic heterocycles. The molecule has 88 valence electrons. The maximum absolute atomic E-state index is 8.95. The normalized spacial score (nSPS) is 10.7. The number of thiazole rings is 1. The minimum absolute atomic E-state index is 0.692. The van der Waals surface area contributed by atoms with Crippen molar-refractivity contribution in [2.75, 3.05) is 0 Å². The Morgan fingerprint density at radius 1 is 1.39 bits per heavy atom. The number of aryl methyl sites for hydroxylation is 1. The first-order chi connectivity index (χ1) is 8.76. The van der Waals surface area contributed by atoms with Gasteiger partial charge in [0.2, 0.25) is 0 Å². The van der Waals surface area contributed by atoms with E-state index in [0.29, 0.717) is 5.56 Å². The molecule has 0 unspecified atom stereocenters. The highest BCUT2D eigenvalue weighted by molar-refractivity contribution is 7.09. The molecule has 0 spiro atoms. The number of fused-ring (bicyclic) bond motifs is 1. The van der Waals surface area contributed by atoms with Crippen molar-refractivity contribution in [1.29, 1.82) is 5.26 Å². The van der Waals surface area contributed by atoms with Crippen LogP contribution in [0.5, 0.6) is 0 Å². The van der Waals surface area contributed by atoms with E-state index in [4.69, 9.17) is 5.26 Å². The summed E-state index contributed by atoms with van der Waals surface area (Å²) in [6.07, 6.45) is 2.04. The molecule has 0 N–H and O–H groups in total. The quantitative estimate of drug-likeness (QED) is 0.703. The summed E-state index contributed by atoms with van der Waals surface area (Å²) in [5.74, 6) is 0. The second-order valence-corrected chi connectivity index (χ2v) is 5.15. The van der Waals surface area contributed by atoms with Crippen molar-refractivity contribution >= 4 is 22.2 Å². The van der Waals surface area contributed by atoms with Crippen LogP contribution in [-0.2, 0) is 6.54 Å². The molecule has 3 aromatic rings. The monoisotopic (exact) mass is 253 g/mol. The molecule has 3 rings (SSSR count). The molecular formula is C14H11N3S. The molecule has 0 aliphatic rings. The lowest BCUT2D eigenvalue weighted by molar-refractivity contribution is 0.824. The van der Waals surface area contributed by atoms with Gasteiger partial charge >= 0.3 is 0 Å². The molecule has 0 amide bonds. The Bertz CT molecular complexity index is 746. The molecular weight excluding hydrogens is 242 g/mol. The Morgan fingerprint density at radius 3 is 3.00 bits per heavy atom. The third-order valence-corrected chi connectivity index (χ3v) is 3.83. The number of aromatic nitrogens is 2. The van der Waals surface area contributed by atoms with E-state index in [0.717, 1.165) is 28.1 Å². The predicted molar refractivity (Wildman–Crippen MR) is 72.6 cm³/mol. The van der Waals surface area contributed by atoms with Crippen LogP contribution >= 0.6 is 11.3 Å². The van der Waals surface area contributed by atoms with Crippen LogP contribution in [0.15, 0.2) is 35.8 Å². The minimum Gasteiger partial charge on any atom is -0.341 e. The first-order valence-corrected chi connectivity index (χ1v) is 6.54. The van der Waals surface area contributed by atoms with Gasteiger partial charge in [-0.2, -0.15) is 5.26 Å². The van der Waals surface area contributed by atoms with Gasteiger partial charge in [-0.1, -0.05) is 6.07 Å². The predicted octanol–water partition coefficient (Wildman–Crippen LogP) is 3.33. The molecule has 1 aromatic carbocycles. The zero-order chi connectivity index (χ0) is 12.5. The van der Waals surface area contributed by atoms with Gasteiger partial charge < -0.3 is 4.57 Å². The van der Waals surface area contributed by atoms with Crippen molar-refractivity contribution in [1.82, 2.24) is 9.55 Å². The van der Waals surface area contributed by atoms with Crippen LogP contribution in [0.25, 0.3) is 10.9 Å². The van der Waals surface area contributed by atoms with Crippen LogP contribution in [0.4, 0.5) is 0 Å². The second kappa shape index (κ2) is 4.28. The summed E-state index contributed by atoms with van der Waals surface area (Å²) in [5, 5.41) is 13.3. The maximum atomic E-state index is 8.95. The van der Waals surface area contributed by atoms with Crippen molar-refractivity contribution in [2.45, 2.75) is 13.5 Å². The number of nitriles is 1. The summed E-state index contributed by atoms with van der Waals surface area (Å²) in [5.41, 5.74) is 2.84. The van der Waals surface area contributed by atoms with Gasteiger partial charge in [0.05, 0.1) is 18.2 Å². The smallest absolute Gasteiger partial charge is 0.113 e. The molecule has 0 radical (unpaired) electrons. The SMILES string of the molecule is Cc1csc(Cn2ccc3ccc(C#N)cc32)n1. The molecule has 0 fully saturated rings. The van der Waals surface area contributed by atoms with E-state index in [2.05, 4.69) is 27.1 Å². The van der Waals surface area contributed by atoms with Gasteiger partial charge in [0.15, 0.2) is 0 Å². The van der Waals surface area contributed by atoms with Crippen LogP contribution in [0.2, 0.25) is 0 Å². The molecule has 3 nitrogen and oxygen atoms in total. The Labute approximate surface area is 109 Å². The van der Waals surface area contributed by atoms with Gasteiger partial charge in [-0.3, -0.25) is 0 Å². The second-order valence-electron chi connectivity index (χ2n) is 4.21.